The van der Waals surface area contributed by atoms with E-state index in [1.54, 1.807) is 16.8 Å². The summed E-state index contributed by atoms with van der Waals surface area (Å²) in [4.78, 5) is 31.4. The first-order valence-corrected chi connectivity index (χ1v) is 4.16. The molecule has 0 radical (unpaired) electrons. The Morgan fingerprint density at radius 2 is 2.08 bits per heavy atom. The van der Waals surface area contributed by atoms with Gasteiger partial charge < -0.3 is 10.4 Å². The van der Waals surface area contributed by atoms with E-state index >= 15 is 0 Å². The molecule has 1 heterocycles. The summed E-state index contributed by atoms with van der Waals surface area (Å²) in [6.07, 6.45) is 0. The Morgan fingerprint density at radius 1 is 1.38 bits per heavy atom. The lowest BCUT2D eigenvalue weighted by molar-refractivity contribution is -0.152. The van der Waals surface area contributed by atoms with Crippen molar-refractivity contribution < 1.29 is 19.5 Å². The molecule has 5 nitrogen and oxygen atoms in total. The van der Waals surface area contributed by atoms with Crippen molar-refractivity contribution in [3.8, 4) is 0 Å². The SMILES string of the molecule is O=C(O)C(=O)C(=O)Nc1ccsc1. The lowest BCUT2D eigenvalue weighted by Crippen LogP contribution is -2.29. The van der Waals surface area contributed by atoms with E-state index in [9.17, 15) is 14.4 Å². The van der Waals surface area contributed by atoms with Crippen molar-refractivity contribution in [2.45, 2.75) is 0 Å². The van der Waals surface area contributed by atoms with E-state index in [0.717, 1.165) is 0 Å². The van der Waals surface area contributed by atoms with Crippen LogP contribution in [0.2, 0.25) is 0 Å². The van der Waals surface area contributed by atoms with Gasteiger partial charge in [-0.25, -0.2) is 4.79 Å². The number of hydrogen-bond donors (Lipinski definition) is 2. The monoisotopic (exact) mass is 199 g/mol. The number of hydrogen-bond acceptors (Lipinski definition) is 4. The summed E-state index contributed by atoms with van der Waals surface area (Å²) in [7, 11) is 0. The molecule has 0 fully saturated rings. The molecule has 0 bridgehead atoms. The Hall–Kier alpha value is -1.69. The molecule has 13 heavy (non-hydrogen) atoms. The Labute approximate surface area is 77.0 Å². The van der Waals surface area contributed by atoms with Crippen LogP contribution in [0.4, 0.5) is 5.69 Å². The fourth-order valence-corrected chi connectivity index (χ4v) is 1.21. The van der Waals surface area contributed by atoms with E-state index in [4.69, 9.17) is 5.11 Å². The number of carbonyl (C=O) groups is 3. The van der Waals surface area contributed by atoms with Gasteiger partial charge in [-0.2, -0.15) is 11.3 Å². The van der Waals surface area contributed by atoms with Gasteiger partial charge in [0.05, 0.1) is 5.69 Å². The van der Waals surface area contributed by atoms with Crippen molar-refractivity contribution in [1.29, 1.82) is 0 Å². The molecule has 0 aliphatic rings. The molecule has 0 unspecified atom stereocenters. The molecule has 1 amide bonds. The molecule has 0 saturated carbocycles. The summed E-state index contributed by atoms with van der Waals surface area (Å²) in [5, 5.41) is 13.6. The van der Waals surface area contributed by atoms with E-state index in [0.29, 0.717) is 5.69 Å². The predicted molar refractivity (Wildman–Crippen MR) is 45.6 cm³/mol. The highest BCUT2D eigenvalue weighted by Crippen LogP contribution is 2.11. The first-order chi connectivity index (χ1) is 6.11. The van der Waals surface area contributed by atoms with Gasteiger partial charge in [-0.05, 0) is 11.4 Å². The van der Waals surface area contributed by atoms with Crippen LogP contribution in [0.15, 0.2) is 16.8 Å². The summed E-state index contributed by atoms with van der Waals surface area (Å²) >= 11 is 1.33. The number of thiophene rings is 1. The summed E-state index contributed by atoms with van der Waals surface area (Å²) in [6.45, 7) is 0. The second kappa shape index (κ2) is 3.81. The Balaban J connectivity index is 2.61. The highest BCUT2D eigenvalue weighted by molar-refractivity contribution is 7.08. The average Bonchev–Trinajstić information content (AvgIpc) is 2.55. The second-order valence-corrected chi connectivity index (χ2v) is 2.88. The molecular weight excluding hydrogens is 194 g/mol. The quantitative estimate of drug-likeness (QED) is 0.543. The lowest BCUT2D eigenvalue weighted by Gasteiger charge is -1.96. The number of anilines is 1. The van der Waals surface area contributed by atoms with E-state index in [2.05, 4.69) is 5.32 Å². The zero-order valence-corrected chi connectivity index (χ0v) is 7.13. The molecule has 1 aromatic rings. The van der Waals surface area contributed by atoms with E-state index < -0.39 is 17.7 Å². The zero-order chi connectivity index (χ0) is 9.84. The van der Waals surface area contributed by atoms with Gasteiger partial charge >= 0.3 is 17.7 Å². The molecule has 68 valence electrons. The van der Waals surface area contributed by atoms with Crippen LogP contribution in [0.3, 0.4) is 0 Å². The Kier molecular flexibility index (Phi) is 2.76. The smallest absolute Gasteiger partial charge is 0.382 e. The van der Waals surface area contributed by atoms with Crippen molar-refractivity contribution in [2.75, 3.05) is 5.32 Å². The average molecular weight is 199 g/mol. The first kappa shape index (κ1) is 9.40. The van der Waals surface area contributed by atoms with Crippen LogP contribution in [0, 0.1) is 0 Å². The number of Topliss-reactive ketones (excluding diaryl/α,β-unsaturated/α-hetero) is 1. The number of amides is 1. The number of rotatable bonds is 3. The van der Waals surface area contributed by atoms with Crippen molar-refractivity contribution in [2.24, 2.45) is 0 Å². The molecule has 2 N–H and O–H groups in total. The fraction of sp³-hybridized carbons (Fsp3) is 0. The van der Waals surface area contributed by atoms with Gasteiger partial charge in [-0.3, -0.25) is 9.59 Å². The van der Waals surface area contributed by atoms with Crippen LogP contribution in [0.5, 0.6) is 0 Å². The predicted octanol–water partition coefficient (Wildman–Crippen LogP) is 0.340. The topological polar surface area (TPSA) is 83.5 Å². The molecule has 1 aromatic heterocycles. The van der Waals surface area contributed by atoms with Crippen LogP contribution in [0.25, 0.3) is 0 Å². The zero-order valence-electron chi connectivity index (χ0n) is 6.31. The van der Waals surface area contributed by atoms with Crippen LogP contribution in [-0.4, -0.2) is 22.8 Å². The number of carboxylic acids is 1. The maximum Gasteiger partial charge on any atom is 0.382 e. The Morgan fingerprint density at radius 3 is 2.54 bits per heavy atom. The van der Waals surface area contributed by atoms with Crippen molar-refractivity contribution in [3.63, 3.8) is 0 Å². The summed E-state index contributed by atoms with van der Waals surface area (Å²) in [5.41, 5.74) is 0.421. The van der Waals surface area contributed by atoms with Crippen LogP contribution < -0.4 is 5.32 Å². The van der Waals surface area contributed by atoms with E-state index in [-0.39, 0.29) is 0 Å². The number of carboxylic acid groups (broad SMARTS) is 1. The maximum atomic E-state index is 10.8. The molecular formula is C7H5NO4S. The summed E-state index contributed by atoms with van der Waals surface area (Å²) in [5.74, 6) is -4.36. The minimum Gasteiger partial charge on any atom is -0.475 e. The number of aliphatic carboxylic acids is 1. The van der Waals surface area contributed by atoms with Gasteiger partial charge in [0.25, 0.3) is 0 Å². The van der Waals surface area contributed by atoms with Gasteiger partial charge in [0.1, 0.15) is 0 Å². The molecule has 0 aliphatic carbocycles. The van der Waals surface area contributed by atoms with Gasteiger partial charge in [-0.15, -0.1) is 0 Å². The molecule has 1 rings (SSSR count). The van der Waals surface area contributed by atoms with E-state index in [1.165, 1.54) is 11.3 Å². The minimum absolute atomic E-state index is 0.421. The van der Waals surface area contributed by atoms with Crippen molar-refractivity contribution >= 4 is 34.7 Å². The lowest BCUT2D eigenvalue weighted by atomic mass is 10.3. The summed E-state index contributed by atoms with van der Waals surface area (Å²) < 4.78 is 0. The molecule has 0 aliphatic heterocycles. The van der Waals surface area contributed by atoms with Crippen molar-refractivity contribution in [3.05, 3.63) is 16.8 Å². The largest absolute Gasteiger partial charge is 0.475 e. The standard InChI is InChI=1S/C7H5NO4S/c9-5(7(11)12)6(10)8-4-1-2-13-3-4/h1-3H,(H,8,10)(H,11,12). The number of ketones is 1. The van der Waals surface area contributed by atoms with Crippen LogP contribution >= 0.6 is 11.3 Å². The van der Waals surface area contributed by atoms with Crippen LogP contribution in [-0.2, 0) is 14.4 Å². The molecule has 0 aromatic carbocycles. The normalized spacial score (nSPS) is 9.23. The fourth-order valence-electron chi connectivity index (χ4n) is 0.621. The molecule has 6 heteroatoms. The second-order valence-electron chi connectivity index (χ2n) is 2.10. The first-order valence-electron chi connectivity index (χ1n) is 3.22. The summed E-state index contributed by atoms with van der Waals surface area (Å²) in [6, 6.07) is 1.57. The van der Waals surface area contributed by atoms with Gasteiger partial charge in [0.15, 0.2) is 0 Å². The van der Waals surface area contributed by atoms with Gasteiger partial charge in [-0.1, -0.05) is 0 Å². The molecule has 0 spiro atoms. The minimum atomic E-state index is -1.76. The van der Waals surface area contributed by atoms with Crippen LogP contribution in [0.1, 0.15) is 0 Å². The number of carbonyl (C=O) groups excluding carboxylic acids is 2. The van der Waals surface area contributed by atoms with Crippen molar-refractivity contribution in [1.82, 2.24) is 0 Å². The Bertz CT molecular complexity index is 343. The van der Waals surface area contributed by atoms with E-state index in [1.807, 2.05) is 0 Å². The van der Waals surface area contributed by atoms with Gasteiger partial charge in [0, 0.05) is 5.38 Å². The number of nitrogens with one attached hydrogen (secondary N) is 1. The third-order valence-corrected chi connectivity index (χ3v) is 1.86. The van der Waals surface area contributed by atoms with Gasteiger partial charge in [0.2, 0.25) is 0 Å². The molecule has 0 saturated heterocycles. The maximum absolute atomic E-state index is 10.8. The molecule has 0 atom stereocenters. The highest BCUT2D eigenvalue weighted by atomic mass is 32.1. The third-order valence-electron chi connectivity index (χ3n) is 1.18. The highest BCUT2D eigenvalue weighted by Gasteiger charge is 2.21. The third kappa shape index (κ3) is 2.38.